The molecule has 0 N–H and O–H groups in total. The van der Waals surface area contributed by atoms with Gasteiger partial charge in [-0.05, 0) is 62.5 Å². The summed E-state index contributed by atoms with van der Waals surface area (Å²) < 4.78 is 2.42. The molecule has 0 aliphatic carbocycles. The SMILES string of the molecule is c1ccc(-c2ccc(-c3nc(-c4ccccc4)nc(-c4cc(-n5c6ccccc6c6ccccc65)c(-c5ccc6ccccc6c5)c5ccccc45)n3)cc2)cc1. The third kappa shape index (κ3) is 5.66. The zero-order valence-corrected chi connectivity index (χ0v) is 30.9. The first-order valence-electron chi connectivity index (χ1n) is 19.3. The molecule has 0 bridgehead atoms. The number of fused-ring (bicyclic) bond motifs is 5. The lowest BCUT2D eigenvalue weighted by Crippen LogP contribution is -2.03. The molecule has 0 fully saturated rings. The summed E-state index contributed by atoms with van der Waals surface area (Å²) in [5, 5.41) is 7.02. The van der Waals surface area contributed by atoms with Gasteiger partial charge in [-0.2, -0.15) is 0 Å². The van der Waals surface area contributed by atoms with Crippen molar-refractivity contribution in [1.29, 1.82) is 0 Å². The highest BCUT2D eigenvalue weighted by Crippen LogP contribution is 2.44. The highest BCUT2D eigenvalue weighted by atomic mass is 15.0. The summed E-state index contributed by atoms with van der Waals surface area (Å²) in [6.45, 7) is 0. The molecule has 0 saturated heterocycles. The second-order valence-corrected chi connectivity index (χ2v) is 14.4. The molecule has 0 unspecified atom stereocenters. The van der Waals surface area contributed by atoms with Crippen molar-refractivity contribution < 1.29 is 0 Å². The predicted octanol–water partition coefficient (Wildman–Crippen LogP) is 13.6. The van der Waals surface area contributed by atoms with Gasteiger partial charge in [0.05, 0.1) is 16.7 Å². The van der Waals surface area contributed by atoms with Crippen LogP contribution in [0.1, 0.15) is 0 Å². The van der Waals surface area contributed by atoms with Crippen LogP contribution in [0.4, 0.5) is 0 Å². The monoisotopic (exact) mass is 726 g/mol. The molecule has 2 aromatic heterocycles. The van der Waals surface area contributed by atoms with E-state index in [-0.39, 0.29) is 0 Å². The van der Waals surface area contributed by atoms with Crippen LogP contribution in [0.5, 0.6) is 0 Å². The first-order valence-corrected chi connectivity index (χ1v) is 19.3. The summed E-state index contributed by atoms with van der Waals surface area (Å²) in [6, 6.07) is 72.9. The Morgan fingerprint density at radius 2 is 0.754 bits per heavy atom. The van der Waals surface area contributed by atoms with E-state index in [9.17, 15) is 0 Å². The van der Waals surface area contributed by atoms with Gasteiger partial charge in [0.2, 0.25) is 0 Å². The van der Waals surface area contributed by atoms with Crippen LogP contribution >= 0.6 is 0 Å². The number of nitrogens with zero attached hydrogens (tertiary/aromatic N) is 4. The maximum atomic E-state index is 5.31. The van der Waals surface area contributed by atoms with Crippen LogP contribution in [-0.2, 0) is 0 Å². The molecule has 57 heavy (non-hydrogen) atoms. The molecule has 0 radical (unpaired) electrons. The minimum Gasteiger partial charge on any atom is -0.309 e. The smallest absolute Gasteiger partial charge is 0.164 e. The van der Waals surface area contributed by atoms with Crippen molar-refractivity contribution in [2.45, 2.75) is 0 Å². The van der Waals surface area contributed by atoms with Crippen molar-refractivity contribution in [3.8, 4) is 62.1 Å². The van der Waals surface area contributed by atoms with Crippen molar-refractivity contribution in [2.75, 3.05) is 0 Å². The molecule has 0 atom stereocenters. The topological polar surface area (TPSA) is 43.6 Å². The molecule has 4 nitrogen and oxygen atoms in total. The van der Waals surface area contributed by atoms with E-state index in [4.69, 9.17) is 15.0 Å². The molecule has 0 aliphatic rings. The van der Waals surface area contributed by atoms with Gasteiger partial charge in [0.15, 0.2) is 17.5 Å². The van der Waals surface area contributed by atoms with Crippen LogP contribution in [0.25, 0.3) is 105 Å². The molecule has 0 amide bonds. The molecule has 11 rings (SSSR count). The number of aromatic nitrogens is 4. The molecule has 9 aromatic carbocycles. The van der Waals surface area contributed by atoms with Crippen molar-refractivity contribution >= 4 is 43.4 Å². The third-order valence-electron chi connectivity index (χ3n) is 11.0. The van der Waals surface area contributed by atoms with Gasteiger partial charge >= 0.3 is 0 Å². The summed E-state index contributed by atoms with van der Waals surface area (Å²) >= 11 is 0. The summed E-state index contributed by atoms with van der Waals surface area (Å²) in [5.74, 6) is 1.87. The Kier molecular flexibility index (Phi) is 7.78. The lowest BCUT2D eigenvalue weighted by molar-refractivity contribution is 1.07. The van der Waals surface area contributed by atoms with E-state index < -0.39 is 0 Å². The van der Waals surface area contributed by atoms with Gasteiger partial charge in [-0.3, -0.25) is 0 Å². The molecule has 2 heterocycles. The Bertz CT molecular complexity index is 3220. The van der Waals surface area contributed by atoms with Gasteiger partial charge < -0.3 is 4.57 Å². The lowest BCUT2D eigenvalue weighted by Gasteiger charge is -2.20. The standard InChI is InChI=1S/C53H34N4/c1-3-15-35(16-4-1)37-27-30-39(31-28-37)52-54-51(38-18-5-2-6-19-38)55-53(56-52)46-34-49(57-47-25-13-11-22-43(47)44-23-12-14-26-48(44)57)50(45-24-10-9-21-42(45)46)41-32-29-36-17-7-8-20-40(36)33-41/h1-34H. The van der Waals surface area contributed by atoms with E-state index in [1.54, 1.807) is 0 Å². The quantitative estimate of drug-likeness (QED) is 0.171. The number of hydrogen-bond donors (Lipinski definition) is 0. The van der Waals surface area contributed by atoms with Crippen LogP contribution in [0, 0.1) is 0 Å². The number of para-hydroxylation sites is 2. The van der Waals surface area contributed by atoms with E-state index in [1.807, 2.05) is 24.3 Å². The van der Waals surface area contributed by atoms with Crippen molar-refractivity contribution in [3.05, 3.63) is 206 Å². The van der Waals surface area contributed by atoms with Crippen molar-refractivity contribution in [2.24, 2.45) is 0 Å². The van der Waals surface area contributed by atoms with Crippen molar-refractivity contribution in [1.82, 2.24) is 19.5 Å². The van der Waals surface area contributed by atoms with Gasteiger partial charge in [-0.1, -0.05) is 182 Å². The van der Waals surface area contributed by atoms with Crippen LogP contribution in [0.15, 0.2) is 206 Å². The van der Waals surface area contributed by atoms with E-state index in [1.165, 1.54) is 27.1 Å². The normalized spacial score (nSPS) is 11.5. The Morgan fingerprint density at radius 1 is 0.298 bits per heavy atom. The van der Waals surface area contributed by atoms with Crippen LogP contribution in [0.3, 0.4) is 0 Å². The van der Waals surface area contributed by atoms with Gasteiger partial charge in [0, 0.05) is 33.0 Å². The summed E-state index contributed by atoms with van der Waals surface area (Å²) in [5.41, 5.74) is 10.8. The molecule has 0 saturated carbocycles. The fraction of sp³-hybridized carbons (Fsp3) is 0. The second kappa shape index (κ2) is 13.6. The summed E-state index contributed by atoms with van der Waals surface area (Å²) in [7, 11) is 0. The average molecular weight is 727 g/mol. The molecule has 266 valence electrons. The summed E-state index contributed by atoms with van der Waals surface area (Å²) in [4.78, 5) is 15.7. The first kappa shape index (κ1) is 32.7. The highest BCUT2D eigenvalue weighted by molar-refractivity contribution is 6.13. The van der Waals surface area contributed by atoms with Gasteiger partial charge in [-0.15, -0.1) is 0 Å². The molecular formula is C53H34N4. The van der Waals surface area contributed by atoms with E-state index >= 15 is 0 Å². The average Bonchev–Trinajstić information content (AvgIpc) is 3.63. The van der Waals surface area contributed by atoms with E-state index in [2.05, 4.69) is 187 Å². The summed E-state index contributed by atoms with van der Waals surface area (Å²) in [6.07, 6.45) is 0. The fourth-order valence-electron chi connectivity index (χ4n) is 8.34. The first-order chi connectivity index (χ1) is 28.3. The van der Waals surface area contributed by atoms with E-state index in [0.717, 1.165) is 60.9 Å². The van der Waals surface area contributed by atoms with Crippen LogP contribution < -0.4 is 0 Å². The zero-order valence-electron chi connectivity index (χ0n) is 30.9. The Labute approximate surface area is 330 Å². The Morgan fingerprint density at radius 3 is 1.42 bits per heavy atom. The maximum absolute atomic E-state index is 5.31. The molecule has 0 spiro atoms. The highest BCUT2D eigenvalue weighted by Gasteiger charge is 2.23. The molecular weight excluding hydrogens is 693 g/mol. The van der Waals surface area contributed by atoms with Crippen LogP contribution in [-0.4, -0.2) is 19.5 Å². The number of hydrogen-bond acceptors (Lipinski definition) is 3. The molecule has 0 aliphatic heterocycles. The van der Waals surface area contributed by atoms with E-state index in [0.29, 0.717) is 17.5 Å². The van der Waals surface area contributed by atoms with Gasteiger partial charge in [0.25, 0.3) is 0 Å². The molecule has 4 heteroatoms. The maximum Gasteiger partial charge on any atom is 0.164 e. The fourth-order valence-corrected chi connectivity index (χ4v) is 8.34. The molecule has 11 aromatic rings. The van der Waals surface area contributed by atoms with Gasteiger partial charge in [-0.25, -0.2) is 15.0 Å². The second-order valence-electron chi connectivity index (χ2n) is 14.4. The Hall–Kier alpha value is -7.69. The van der Waals surface area contributed by atoms with Crippen LogP contribution in [0.2, 0.25) is 0 Å². The minimum atomic E-state index is 0.620. The minimum absolute atomic E-state index is 0.620. The third-order valence-corrected chi connectivity index (χ3v) is 11.0. The predicted molar refractivity (Wildman–Crippen MR) is 236 cm³/mol. The Balaban J connectivity index is 1.22. The lowest BCUT2D eigenvalue weighted by atomic mass is 9.91. The largest absolute Gasteiger partial charge is 0.309 e. The van der Waals surface area contributed by atoms with Crippen molar-refractivity contribution in [3.63, 3.8) is 0 Å². The number of rotatable bonds is 6. The zero-order chi connectivity index (χ0) is 37.7. The van der Waals surface area contributed by atoms with Gasteiger partial charge in [0.1, 0.15) is 0 Å². The number of benzene rings is 9.